The number of para-hydroxylation sites is 3. The van der Waals surface area contributed by atoms with Crippen LogP contribution in [0.15, 0.2) is 212 Å². The number of rotatable bonds is 6. The molecule has 1 aliphatic heterocycles. The van der Waals surface area contributed by atoms with Gasteiger partial charge in [0, 0.05) is 33.9 Å². The summed E-state index contributed by atoms with van der Waals surface area (Å²) in [5.41, 5.74) is 18.7. The van der Waals surface area contributed by atoms with E-state index in [1.54, 1.807) is 0 Å². The molecule has 9 aromatic rings. The number of anilines is 2. The molecule has 2 nitrogen and oxygen atoms in total. The second kappa shape index (κ2) is 13.3. The van der Waals surface area contributed by atoms with Gasteiger partial charge in [-0.05, 0) is 86.5 Å². The molecule has 2 heterocycles. The van der Waals surface area contributed by atoms with E-state index in [1.165, 1.54) is 89.3 Å². The Morgan fingerprint density at radius 1 is 0.393 bits per heavy atom. The number of hydrogen-bond acceptors (Lipinski definition) is 1. The summed E-state index contributed by atoms with van der Waals surface area (Å²) in [5, 5.41) is 1.31. The molecule has 0 fully saturated rings. The molecule has 0 radical (unpaired) electrons. The number of benzene rings is 8. The molecule has 0 saturated heterocycles. The summed E-state index contributed by atoms with van der Waals surface area (Å²) >= 11 is 0. The predicted molar refractivity (Wildman–Crippen MR) is 235 cm³/mol. The Bertz CT molecular complexity index is 2900. The highest BCUT2D eigenvalue weighted by atomic mass is 15.2. The zero-order chi connectivity index (χ0) is 37.0. The zero-order valence-electron chi connectivity index (χ0n) is 30.8. The van der Waals surface area contributed by atoms with Crippen LogP contribution in [0.4, 0.5) is 11.4 Å². The monoisotopic (exact) mass is 714 g/mol. The van der Waals surface area contributed by atoms with Crippen LogP contribution in [0.25, 0.3) is 67.2 Å². The van der Waals surface area contributed by atoms with E-state index in [9.17, 15) is 0 Å². The van der Waals surface area contributed by atoms with E-state index in [2.05, 4.69) is 228 Å². The van der Waals surface area contributed by atoms with Crippen LogP contribution in [0.3, 0.4) is 0 Å². The maximum Gasteiger partial charge on any atom is 0.0637 e. The van der Waals surface area contributed by atoms with Gasteiger partial charge in [-0.15, -0.1) is 0 Å². The van der Waals surface area contributed by atoms with Gasteiger partial charge in [-0.3, -0.25) is 0 Å². The van der Waals surface area contributed by atoms with Crippen LogP contribution in [0.5, 0.6) is 0 Å². The van der Waals surface area contributed by atoms with Gasteiger partial charge in [0.2, 0.25) is 0 Å². The second-order valence-electron chi connectivity index (χ2n) is 14.9. The lowest BCUT2D eigenvalue weighted by molar-refractivity contribution is 0.726. The van der Waals surface area contributed by atoms with Crippen LogP contribution in [0, 0.1) is 0 Å². The smallest absolute Gasteiger partial charge is 0.0637 e. The van der Waals surface area contributed by atoms with Gasteiger partial charge in [-0.25, -0.2) is 0 Å². The van der Waals surface area contributed by atoms with Crippen LogP contribution in [-0.4, -0.2) is 10.6 Å². The molecule has 0 amide bonds. The molecule has 2 aliphatic rings. The summed E-state index contributed by atoms with van der Waals surface area (Å²) in [7, 11) is 0. The van der Waals surface area contributed by atoms with Crippen molar-refractivity contribution < 1.29 is 0 Å². The van der Waals surface area contributed by atoms with E-state index in [4.69, 9.17) is 0 Å². The first-order valence-electron chi connectivity index (χ1n) is 19.5. The average molecular weight is 715 g/mol. The van der Waals surface area contributed by atoms with Crippen LogP contribution in [-0.2, 0) is 0 Å². The second-order valence-corrected chi connectivity index (χ2v) is 14.9. The lowest BCUT2D eigenvalue weighted by Gasteiger charge is -2.32. The Morgan fingerprint density at radius 2 is 0.929 bits per heavy atom. The lowest BCUT2D eigenvalue weighted by Crippen LogP contribution is -2.31. The summed E-state index contributed by atoms with van der Waals surface area (Å²) in [6.07, 6.45) is 4.83. The van der Waals surface area contributed by atoms with Gasteiger partial charge in [-0.2, -0.15) is 0 Å². The highest BCUT2D eigenvalue weighted by Gasteiger charge is 2.43. The highest BCUT2D eigenvalue weighted by Crippen LogP contribution is 2.55. The summed E-state index contributed by atoms with van der Waals surface area (Å²) in [4.78, 5) is 2.59. The topological polar surface area (TPSA) is 8.17 Å². The molecular weight excluding hydrogens is 677 g/mol. The first-order valence-corrected chi connectivity index (χ1v) is 19.5. The highest BCUT2D eigenvalue weighted by molar-refractivity contribution is 5.96. The Hall–Kier alpha value is -7.16. The Balaban J connectivity index is 1.01. The van der Waals surface area contributed by atoms with Gasteiger partial charge < -0.3 is 9.47 Å². The first kappa shape index (κ1) is 32.3. The minimum Gasteiger partial charge on any atom is -0.333 e. The summed E-state index contributed by atoms with van der Waals surface area (Å²) in [6, 6.07) is 75.3. The normalized spacial score (nSPS) is 15.4. The first-order chi connectivity index (χ1) is 27.8. The van der Waals surface area contributed by atoms with E-state index >= 15 is 0 Å². The minimum atomic E-state index is 0.123. The molecule has 0 bridgehead atoms. The molecule has 0 N–H and O–H groups in total. The number of hydrogen-bond donors (Lipinski definition) is 0. The van der Waals surface area contributed by atoms with Crippen molar-refractivity contribution in [3.63, 3.8) is 0 Å². The number of fused-ring (bicyclic) bond motifs is 7. The fourth-order valence-corrected chi connectivity index (χ4v) is 9.23. The molecule has 264 valence electrons. The van der Waals surface area contributed by atoms with Gasteiger partial charge >= 0.3 is 0 Å². The molecule has 56 heavy (non-hydrogen) atoms. The lowest BCUT2D eigenvalue weighted by atomic mass is 9.82. The van der Waals surface area contributed by atoms with Crippen molar-refractivity contribution in [2.45, 2.75) is 12.0 Å². The van der Waals surface area contributed by atoms with E-state index in [-0.39, 0.29) is 12.0 Å². The SMILES string of the molecule is C1=CC2C(c3ccccc3N2c2ccccc2-c2ccc(-c3ccccc3)cc2)c2c1n(-c1cccc(-c3ccc(-c4ccccc4)cc3)c1)c1ccccc21. The molecule has 2 unspecified atom stereocenters. The van der Waals surface area contributed by atoms with Crippen molar-refractivity contribution in [1.82, 2.24) is 4.57 Å². The summed E-state index contributed by atoms with van der Waals surface area (Å²) in [5.74, 6) is 0.166. The third-order valence-electron chi connectivity index (χ3n) is 11.8. The van der Waals surface area contributed by atoms with Crippen LogP contribution in [0.1, 0.15) is 22.7 Å². The molecular formula is C54H38N2. The molecule has 1 aromatic heterocycles. The summed E-state index contributed by atoms with van der Waals surface area (Å²) in [6.45, 7) is 0. The van der Waals surface area contributed by atoms with Gasteiger partial charge in [0.25, 0.3) is 0 Å². The molecule has 2 heteroatoms. The Kier molecular flexibility index (Phi) is 7.67. The van der Waals surface area contributed by atoms with Crippen LogP contribution in [0.2, 0.25) is 0 Å². The van der Waals surface area contributed by atoms with E-state index in [0.29, 0.717) is 0 Å². The van der Waals surface area contributed by atoms with Crippen LogP contribution < -0.4 is 4.90 Å². The maximum absolute atomic E-state index is 2.59. The van der Waals surface area contributed by atoms with Crippen molar-refractivity contribution in [2.24, 2.45) is 0 Å². The molecule has 0 spiro atoms. The van der Waals surface area contributed by atoms with Gasteiger partial charge in [0.1, 0.15) is 0 Å². The van der Waals surface area contributed by atoms with Gasteiger partial charge in [0.15, 0.2) is 0 Å². The van der Waals surface area contributed by atoms with Gasteiger partial charge in [0.05, 0.1) is 17.3 Å². The van der Waals surface area contributed by atoms with Crippen molar-refractivity contribution in [3.05, 3.63) is 229 Å². The zero-order valence-corrected chi connectivity index (χ0v) is 30.8. The third-order valence-corrected chi connectivity index (χ3v) is 11.8. The van der Waals surface area contributed by atoms with Crippen molar-refractivity contribution in [3.8, 4) is 50.2 Å². The van der Waals surface area contributed by atoms with E-state index in [1.807, 2.05) is 0 Å². The quantitative estimate of drug-likeness (QED) is 0.166. The third kappa shape index (κ3) is 5.26. The fourth-order valence-electron chi connectivity index (χ4n) is 9.23. The molecule has 11 rings (SSSR count). The molecule has 0 saturated carbocycles. The summed E-state index contributed by atoms with van der Waals surface area (Å²) < 4.78 is 2.48. The number of nitrogens with zero attached hydrogens (tertiary/aromatic N) is 2. The fraction of sp³-hybridized carbons (Fsp3) is 0.0370. The van der Waals surface area contributed by atoms with Crippen molar-refractivity contribution >= 4 is 28.4 Å². The predicted octanol–water partition coefficient (Wildman–Crippen LogP) is 14.0. The molecule has 1 aliphatic carbocycles. The molecule has 8 aromatic carbocycles. The van der Waals surface area contributed by atoms with Crippen molar-refractivity contribution in [1.29, 1.82) is 0 Å². The van der Waals surface area contributed by atoms with Crippen LogP contribution >= 0.6 is 0 Å². The Labute approximate surface area is 327 Å². The minimum absolute atomic E-state index is 0.123. The van der Waals surface area contributed by atoms with Crippen molar-refractivity contribution in [2.75, 3.05) is 4.90 Å². The largest absolute Gasteiger partial charge is 0.333 e. The van der Waals surface area contributed by atoms with E-state index < -0.39 is 0 Å². The molecule has 2 atom stereocenters. The van der Waals surface area contributed by atoms with E-state index in [0.717, 1.165) is 0 Å². The number of aromatic nitrogens is 1. The average Bonchev–Trinajstić information content (AvgIpc) is 3.80. The van der Waals surface area contributed by atoms with Gasteiger partial charge in [-0.1, -0.05) is 182 Å². The maximum atomic E-state index is 2.59. The standard InChI is InChI=1S/C54H38N2/c1-3-14-37(15-4-1)39-26-28-41(29-27-39)43-18-13-19-44(36-43)55-49-24-11-8-21-46(49)53-51(55)34-35-52-54(53)47-22-9-12-25-50(47)56(52)48-23-10-7-20-45(48)42-32-30-40(31-33-42)38-16-5-2-6-17-38/h1-36,52,54H. The Morgan fingerprint density at radius 3 is 1.64 bits per heavy atom.